The molecule has 170 valence electrons. The molecule has 7 rings (SSSR count). The molecule has 0 spiro atoms. The fourth-order valence-corrected chi connectivity index (χ4v) is 5.58. The monoisotopic (exact) mass is 479 g/mol. The van der Waals surface area contributed by atoms with E-state index in [1.54, 1.807) is 0 Å². The van der Waals surface area contributed by atoms with Gasteiger partial charge < -0.3 is 4.57 Å². The maximum absolute atomic E-state index is 6.57. The molecular formula is C34H22ClN. The van der Waals surface area contributed by atoms with Gasteiger partial charge in [0, 0.05) is 26.9 Å². The van der Waals surface area contributed by atoms with E-state index in [0.29, 0.717) is 0 Å². The van der Waals surface area contributed by atoms with E-state index in [1.807, 2.05) is 6.07 Å². The van der Waals surface area contributed by atoms with Crippen molar-refractivity contribution in [3.8, 4) is 27.9 Å². The molecule has 0 unspecified atom stereocenters. The Morgan fingerprint density at radius 3 is 2.00 bits per heavy atom. The quantitative estimate of drug-likeness (QED) is 0.237. The van der Waals surface area contributed by atoms with Gasteiger partial charge in [-0.2, -0.15) is 0 Å². The summed E-state index contributed by atoms with van der Waals surface area (Å²) in [6.45, 7) is 0. The summed E-state index contributed by atoms with van der Waals surface area (Å²) in [5.41, 5.74) is 8.17. The van der Waals surface area contributed by atoms with Crippen molar-refractivity contribution in [3.63, 3.8) is 0 Å². The largest absolute Gasteiger partial charge is 0.308 e. The second-order valence-corrected chi connectivity index (χ2v) is 9.58. The van der Waals surface area contributed by atoms with E-state index >= 15 is 0 Å². The number of rotatable bonds is 3. The Kier molecular flexibility index (Phi) is 4.90. The van der Waals surface area contributed by atoms with Crippen LogP contribution >= 0.6 is 11.6 Å². The van der Waals surface area contributed by atoms with Gasteiger partial charge in [0.25, 0.3) is 0 Å². The minimum Gasteiger partial charge on any atom is -0.308 e. The summed E-state index contributed by atoms with van der Waals surface area (Å²) in [7, 11) is 0. The predicted molar refractivity (Wildman–Crippen MR) is 154 cm³/mol. The average Bonchev–Trinajstić information content (AvgIpc) is 3.26. The average molecular weight is 480 g/mol. The second-order valence-electron chi connectivity index (χ2n) is 9.14. The van der Waals surface area contributed by atoms with E-state index in [0.717, 1.165) is 16.2 Å². The molecule has 0 atom stereocenters. The van der Waals surface area contributed by atoms with Crippen LogP contribution in [0.1, 0.15) is 0 Å². The number of hydrogen-bond acceptors (Lipinski definition) is 0. The number of para-hydroxylation sites is 2. The van der Waals surface area contributed by atoms with Gasteiger partial charge in [0.05, 0.1) is 16.7 Å². The fourth-order valence-electron chi connectivity index (χ4n) is 5.41. The lowest BCUT2D eigenvalue weighted by atomic mass is 9.94. The smallest absolute Gasteiger partial charge is 0.0618 e. The topological polar surface area (TPSA) is 4.93 Å². The van der Waals surface area contributed by atoms with Crippen LogP contribution in [0.5, 0.6) is 0 Å². The van der Waals surface area contributed by atoms with Crippen LogP contribution in [0.15, 0.2) is 133 Å². The van der Waals surface area contributed by atoms with Gasteiger partial charge in [-0.05, 0) is 46.2 Å². The van der Waals surface area contributed by atoms with Gasteiger partial charge in [-0.25, -0.2) is 0 Å². The van der Waals surface area contributed by atoms with Crippen LogP contribution in [0, 0.1) is 0 Å². The lowest BCUT2D eigenvalue weighted by Crippen LogP contribution is -2.00. The van der Waals surface area contributed by atoms with Gasteiger partial charge in [0.2, 0.25) is 0 Å². The van der Waals surface area contributed by atoms with E-state index in [1.165, 1.54) is 49.3 Å². The van der Waals surface area contributed by atoms with E-state index in [4.69, 9.17) is 11.6 Å². The van der Waals surface area contributed by atoms with Crippen molar-refractivity contribution in [2.24, 2.45) is 0 Å². The van der Waals surface area contributed by atoms with Crippen LogP contribution in [0.3, 0.4) is 0 Å². The molecule has 0 aliphatic carbocycles. The van der Waals surface area contributed by atoms with E-state index in [9.17, 15) is 0 Å². The van der Waals surface area contributed by atoms with Crippen LogP contribution in [-0.2, 0) is 0 Å². The predicted octanol–water partition coefficient (Wildman–Crippen LogP) is 9.92. The molecule has 0 N–H and O–H groups in total. The molecule has 0 aliphatic heterocycles. The van der Waals surface area contributed by atoms with Crippen LogP contribution in [0.4, 0.5) is 0 Å². The first-order valence-electron chi connectivity index (χ1n) is 12.1. The summed E-state index contributed by atoms with van der Waals surface area (Å²) in [5, 5.41) is 5.62. The van der Waals surface area contributed by atoms with Crippen LogP contribution in [0.2, 0.25) is 5.02 Å². The highest BCUT2D eigenvalue weighted by molar-refractivity contribution is 6.31. The summed E-state index contributed by atoms with van der Waals surface area (Å²) >= 11 is 6.57. The molecule has 2 heteroatoms. The molecule has 36 heavy (non-hydrogen) atoms. The zero-order valence-electron chi connectivity index (χ0n) is 19.5. The number of aromatic nitrogens is 1. The van der Waals surface area contributed by atoms with Crippen LogP contribution in [-0.4, -0.2) is 4.57 Å². The second kappa shape index (κ2) is 8.41. The minimum atomic E-state index is 0.732. The van der Waals surface area contributed by atoms with Crippen LogP contribution < -0.4 is 0 Å². The van der Waals surface area contributed by atoms with E-state index < -0.39 is 0 Å². The summed E-state index contributed by atoms with van der Waals surface area (Å²) in [6, 6.07) is 47.4. The van der Waals surface area contributed by atoms with Gasteiger partial charge >= 0.3 is 0 Å². The molecule has 0 saturated heterocycles. The maximum Gasteiger partial charge on any atom is 0.0618 e. The molecule has 0 fully saturated rings. The van der Waals surface area contributed by atoms with E-state index in [2.05, 4.69) is 132 Å². The van der Waals surface area contributed by atoms with Gasteiger partial charge in [-0.15, -0.1) is 0 Å². The minimum absolute atomic E-state index is 0.732. The molecule has 0 radical (unpaired) electrons. The highest BCUT2D eigenvalue weighted by atomic mass is 35.5. The third-order valence-corrected chi connectivity index (χ3v) is 7.28. The van der Waals surface area contributed by atoms with Crippen molar-refractivity contribution in [1.29, 1.82) is 0 Å². The fraction of sp³-hybridized carbons (Fsp3) is 0. The summed E-state index contributed by atoms with van der Waals surface area (Å²) in [4.78, 5) is 0. The summed E-state index contributed by atoms with van der Waals surface area (Å²) in [5.74, 6) is 0. The van der Waals surface area contributed by atoms with Gasteiger partial charge in [-0.1, -0.05) is 121 Å². The number of benzene rings is 6. The van der Waals surface area contributed by atoms with Gasteiger partial charge in [0.1, 0.15) is 0 Å². The van der Waals surface area contributed by atoms with Crippen molar-refractivity contribution in [2.45, 2.75) is 0 Å². The zero-order chi connectivity index (χ0) is 24.1. The lowest BCUT2D eigenvalue weighted by Gasteiger charge is -2.19. The molecule has 6 aromatic carbocycles. The first-order valence-corrected chi connectivity index (χ1v) is 12.5. The first-order chi connectivity index (χ1) is 17.8. The summed E-state index contributed by atoms with van der Waals surface area (Å²) in [6.07, 6.45) is 0. The summed E-state index contributed by atoms with van der Waals surface area (Å²) < 4.78 is 2.39. The lowest BCUT2D eigenvalue weighted by molar-refractivity contribution is 1.18. The van der Waals surface area contributed by atoms with Crippen LogP contribution in [0.25, 0.3) is 60.5 Å². The zero-order valence-corrected chi connectivity index (χ0v) is 20.3. The van der Waals surface area contributed by atoms with Gasteiger partial charge in [-0.3, -0.25) is 0 Å². The molecule has 7 aromatic rings. The molecular weight excluding hydrogens is 458 g/mol. The third-order valence-electron chi connectivity index (χ3n) is 7.04. The number of hydrogen-bond donors (Lipinski definition) is 0. The Morgan fingerprint density at radius 2 is 1.14 bits per heavy atom. The number of fused-ring (bicyclic) bond motifs is 4. The number of halogens is 1. The Balaban J connectivity index is 1.64. The normalized spacial score (nSPS) is 11.5. The van der Waals surface area contributed by atoms with Crippen molar-refractivity contribution in [1.82, 2.24) is 4.57 Å². The molecule has 1 aromatic heterocycles. The Morgan fingerprint density at radius 1 is 0.444 bits per heavy atom. The molecule has 1 nitrogen and oxygen atoms in total. The van der Waals surface area contributed by atoms with Crippen molar-refractivity contribution < 1.29 is 0 Å². The molecule has 0 bridgehead atoms. The standard InChI is InChI=1S/C34H22ClN/c35-27-19-20-31-30-13-6-7-16-32(30)36(33(31)22-27)34-28(24-10-2-1-3-11-24)14-8-15-29(34)26-18-17-23-9-4-5-12-25(23)21-26/h1-22H. The van der Waals surface area contributed by atoms with E-state index in [-0.39, 0.29) is 0 Å². The van der Waals surface area contributed by atoms with Crippen molar-refractivity contribution >= 4 is 44.2 Å². The maximum atomic E-state index is 6.57. The Labute approximate surface area is 214 Å². The highest BCUT2D eigenvalue weighted by Gasteiger charge is 2.19. The first kappa shape index (κ1) is 21.0. The SMILES string of the molecule is Clc1ccc2c3ccccc3n(-c3c(-c4ccccc4)cccc3-c3ccc4ccccc4c3)c2c1. The number of nitrogens with zero attached hydrogens (tertiary/aromatic N) is 1. The highest BCUT2D eigenvalue weighted by Crippen LogP contribution is 2.42. The Hall–Kier alpha value is -4.33. The molecule has 1 heterocycles. The molecule has 0 saturated carbocycles. The van der Waals surface area contributed by atoms with Crippen molar-refractivity contribution in [3.05, 3.63) is 138 Å². The molecule has 0 aliphatic rings. The third kappa shape index (κ3) is 3.32. The Bertz CT molecular complexity index is 1900. The van der Waals surface area contributed by atoms with Gasteiger partial charge in [0.15, 0.2) is 0 Å². The van der Waals surface area contributed by atoms with Crippen molar-refractivity contribution in [2.75, 3.05) is 0 Å². The molecule has 0 amide bonds.